The zero-order chi connectivity index (χ0) is 12.3. The van der Waals surface area contributed by atoms with Gasteiger partial charge in [-0.15, -0.1) is 11.3 Å². The van der Waals surface area contributed by atoms with Gasteiger partial charge in [0.15, 0.2) is 0 Å². The number of rotatable bonds is 4. The van der Waals surface area contributed by atoms with E-state index in [0.29, 0.717) is 11.6 Å². The molecule has 0 aliphatic rings. The topological polar surface area (TPSA) is 32.3 Å². The van der Waals surface area contributed by atoms with E-state index in [1.54, 1.807) is 11.3 Å². The first kappa shape index (κ1) is 12.4. The zero-order valence-corrected chi connectivity index (χ0v) is 11.1. The van der Waals surface area contributed by atoms with Crippen LogP contribution in [0, 0.1) is 6.92 Å². The van der Waals surface area contributed by atoms with Crippen LogP contribution in [0.2, 0.25) is 5.02 Å². The van der Waals surface area contributed by atoms with Gasteiger partial charge in [0.1, 0.15) is 6.10 Å². The summed E-state index contributed by atoms with van der Waals surface area (Å²) in [6, 6.07) is 9.68. The summed E-state index contributed by atoms with van der Waals surface area (Å²) in [5.41, 5.74) is 1.98. The van der Waals surface area contributed by atoms with E-state index in [0.717, 1.165) is 16.1 Å². The molecule has 1 heterocycles. The monoisotopic (exact) mass is 267 g/mol. The van der Waals surface area contributed by atoms with E-state index in [2.05, 4.69) is 5.32 Å². The lowest BCUT2D eigenvalue weighted by atomic mass is 10.2. The van der Waals surface area contributed by atoms with Crippen molar-refractivity contribution in [3.05, 3.63) is 51.2 Å². The van der Waals surface area contributed by atoms with Crippen LogP contribution in [0.4, 0.5) is 5.69 Å². The normalized spacial score (nSPS) is 12.4. The van der Waals surface area contributed by atoms with Gasteiger partial charge in [0.2, 0.25) is 0 Å². The minimum atomic E-state index is -0.493. The Kier molecular flexibility index (Phi) is 4.05. The lowest BCUT2D eigenvalue weighted by Gasteiger charge is -2.12. The third kappa shape index (κ3) is 3.22. The Morgan fingerprint density at radius 3 is 2.88 bits per heavy atom. The van der Waals surface area contributed by atoms with Crippen LogP contribution in [0.25, 0.3) is 0 Å². The van der Waals surface area contributed by atoms with Crippen LogP contribution in [-0.4, -0.2) is 11.7 Å². The van der Waals surface area contributed by atoms with Crippen molar-refractivity contribution in [2.24, 2.45) is 0 Å². The fourth-order valence-electron chi connectivity index (χ4n) is 1.55. The van der Waals surface area contributed by atoms with Crippen LogP contribution >= 0.6 is 22.9 Å². The lowest BCUT2D eigenvalue weighted by Crippen LogP contribution is -2.11. The van der Waals surface area contributed by atoms with Gasteiger partial charge in [-0.1, -0.05) is 23.7 Å². The number of aliphatic hydroxyl groups excluding tert-OH is 1. The van der Waals surface area contributed by atoms with Crippen molar-refractivity contribution >= 4 is 28.6 Å². The summed E-state index contributed by atoms with van der Waals surface area (Å²) in [6.45, 7) is 2.46. The Morgan fingerprint density at radius 2 is 2.24 bits per heavy atom. The molecule has 1 aromatic carbocycles. The van der Waals surface area contributed by atoms with Crippen LogP contribution < -0.4 is 5.32 Å². The minimum absolute atomic E-state index is 0.462. The SMILES string of the molecule is Cc1ccc(NCC(O)c2cccs2)c(Cl)c1. The molecule has 0 fully saturated rings. The smallest absolute Gasteiger partial charge is 0.105 e. The van der Waals surface area contributed by atoms with E-state index in [1.165, 1.54) is 0 Å². The van der Waals surface area contributed by atoms with Gasteiger partial charge in [0.25, 0.3) is 0 Å². The highest BCUT2D eigenvalue weighted by Crippen LogP contribution is 2.24. The van der Waals surface area contributed by atoms with E-state index < -0.39 is 6.10 Å². The molecule has 0 spiro atoms. The number of anilines is 1. The fraction of sp³-hybridized carbons (Fsp3) is 0.231. The van der Waals surface area contributed by atoms with Crippen LogP contribution in [0.1, 0.15) is 16.5 Å². The third-order valence-electron chi connectivity index (χ3n) is 2.48. The molecule has 2 N–H and O–H groups in total. The molecule has 0 aliphatic carbocycles. The summed E-state index contributed by atoms with van der Waals surface area (Å²) < 4.78 is 0. The average molecular weight is 268 g/mol. The van der Waals surface area contributed by atoms with Gasteiger partial charge in [-0.25, -0.2) is 0 Å². The first-order chi connectivity index (χ1) is 8.16. The summed E-state index contributed by atoms with van der Waals surface area (Å²) in [5, 5.41) is 15.7. The molecule has 0 radical (unpaired) electrons. The highest BCUT2D eigenvalue weighted by Gasteiger charge is 2.08. The largest absolute Gasteiger partial charge is 0.386 e. The second kappa shape index (κ2) is 5.54. The van der Waals surface area contributed by atoms with Gasteiger partial charge in [-0.3, -0.25) is 0 Å². The average Bonchev–Trinajstić information content (AvgIpc) is 2.81. The quantitative estimate of drug-likeness (QED) is 0.882. The number of aryl methyl sites for hydroxylation is 1. The molecule has 2 aromatic rings. The minimum Gasteiger partial charge on any atom is -0.386 e. The van der Waals surface area contributed by atoms with E-state index in [9.17, 15) is 5.11 Å². The molecule has 2 rings (SSSR count). The molecule has 17 heavy (non-hydrogen) atoms. The Labute approximate surface area is 110 Å². The van der Waals surface area contributed by atoms with E-state index in [-0.39, 0.29) is 0 Å². The van der Waals surface area contributed by atoms with Gasteiger partial charge in [-0.05, 0) is 36.1 Å². The number of halogens is 1. The predicted molar refractivity (Wildman–Crippen MR) is 74.0 cm³/mol. The molecule has 0 bridgehead atoms. The lowest BCUT2D eigenvalue weighted by molar-refractivity contribution is 0.195. The maximum Gasteiger partial charge on any atom is 0.105 e. The van der Waals surface area contributed by atoms with E-state index in [1.807, 2.05) is 42.6 Å². The summed E-state index contributed by atoms with van der Waals surface area (Å²) in [6.07, 6.45) is -0.493. The second-order valence-electron chi connectivity index (χ2n) is 3.90. The van der Waals surface area contributed by atoms with Crippen LogP contribution in [0.3, 0.4) is 0 Å². The molecule has 2 nitrogen and oxygen atoms in total. The summed E-state index contributed by atoms with van der Waals surface area (Å²) in [5.74, 6) is 0. The van der Waals surface area contributed by atoms with Crippen LogP contribution in [0.5, 0.6) is 0 Å². The van der Waals surface area contributed by atoms with Gasteiger partial charge >= 0.3 is 0 Å². The van der Waals surface area contributed by atoms with Crippen molar-refractivity contribution < 1.29 is 5.11 Å². The van der Waals surface area contributed by atoms with E-state index >= 15 is 0 Å². The fourth-order valence-corrected chi connectivity index (χ4v) is 2.57. The number of aliphatic hydroxyl groups is 1. The number of hydrogen-bond acceptors (Lipinski definition) is 3. The highest BCUT2D eigenvalue weighted by molar-refractivity contribution is 7.10. The van der Waals surface area contributed by atoms with Crippen molar-refractivity contribution in [1.29, 1.82) is 0 Å². The van der Waals surface area contributed by atoms with Crippen molar-refractivity contribution in [3.63, 3.8) is 0 Å². The first-order valence-electron chi connectivity index (χ1n) is 5.38. The molecule has 4 heteroatoms. The second-order valence-corrected chi connectivity index (χ2v) is 5.28. The Hall–Kier alpha value is -1.03. The van der Waals surface area contributed by atoms with Crippen molar-refractivity contribution in [2.75, 3.05) is 11.9 Å². The van der Waals surface area contributed by atoms with Crippen molar-refractivity contribution in [3.8, 4) is 0 Å². The van der Waals surface area contributed by atoms with Gasteiger partial charge < -0.3 is 10.4 Å². The Bertz CT molecular complexity index is 484. The highest BCUT2D eigenvalue weighted by atomic mass is 35.5. The number of nitrogens with one attached hydrogen (secondary N) is 1. The maximum atomic E-state index is 9.92. The maximum absolute atomic E-state index is 9.92. The molecule has 1 atom stereocenters. The summed E-state index contributed by atoms with van der Waals surface area (Å²) >= 11 is 7.65. The molecule has 1 unspecified atom stereocenters. The van der Waals surface area contributed by atoms with Gasteiger partial charge in [-0.2, -0.15) is 0 Å². The molecular weight excluding hydrogens is 254 g/mol. The molecule has 0 aliphatic heterocycles. The van der Waals surface area contributed by atoms with Crippen molar-refractivity contribution in [2.45, 2.75) is 13.0 Å². The number of benzene rings is 1. The predicted octanol–water partition coefficient (Wildman–Crippen LogP) is 3.86. The van der Waals surface area contributed by atoms with Crippen molar-refractivity contribution in [1.82, 2.24) is 0 Å². The molecule has 0 amide bonds. The van der Waals surface area contributed by atoms with Gasteiger partial charge in [0, 0.05) is 11.4 Å². The molecule has 0 saturated heterocycles. The third-order valence-corrected chi connectivity index (χ3v) is 3.77. The number of hydrogen-bond donors (Lipinski definition) is 2. The van der Waals surface area contributed by atoms with Crippen LogP contribution in [-0.2, 0) is 0 Å². The van der Waals surface area contributed by atoms with Crippen LogP contribution in [0.15, 0.2) is 35.7 Å². The zero-order valence-electron chi connectivity index (χ0n) is 9.48. The number of thiophene rings is 1. The molecular formula is C13H14ClNOS. The van der Waals surface area contributed by atoms with Gasteiger partial charge in [0.05, 0.1) is 10.7 Å². The first-order valence-corrected chi connectivity index (χ1v) is 6.64. The molecule has 1 aromatic heterocycles. The Balaban J connectivity index is 1.98. The Morgan fingerprint density at radius 1 is 1.41 bits per heavy atom. The standard InChI is InChI=1S/C13H14ClNOS/c1-9-4-5-11(10(14)7-9)15-8-12(16)13-3-2-6-17-13/h2-7,12,15-16H,8H2,1H3. The molecule has 90 valence electrons. The van der Waals surface area contributed by atoms with E-state index in [4.69, 9.17) is 11.6 Å². The summed E-state index contributed by atoms with van der Waals surface area (Å²) in [4.78, 5) is 0.959. The molecule has 0 saturated carbocycles. The summed E-state index contributed by atoms with van der Waals surface area (Å²) in [7, 11) is 0.